The maximum absolute atomic E-state index is 12.4. The number of aromatic nitrogens is 4. The molecular weight excluding hydrogens is 342 g/mol. The summed E-state index contributed by atoms with van der Waals surface area (Å²) in [5, 5.41) is 3.15. The largest absolute Gasteiger partial charge is 0.454 e. The van der Waals surface area contributed by atoms with E-state index in [4.69, 9.17) is 16.3 Å². The van der Waals surface area contributed by atoms with Crippen molar-refractivity contribution in [3.8, 4) is 11.5 Å². The molecule has 0 unspecified atom stereocenters. The Balaban J connectivity index is 1.79. The monoisotopic (exact) mass is 355 g/mol. The van der Waals surface area contributed by atoms with Crippen molar-refractivity contribution < 1.29 is 9.53 Å². The number of pyridine rings is 2. The quantitative estimate of drug-likeness (QED) is 0.769. The van der Waals surface area contributed by atoms with Crippen LogP contribution in [0.1, 0.15) is 22.0 Å². The van der Waals surface area contributed by atoms with Crippen LogP contribution in [0, 0.1) is 13.8 Å². The van der Waals surface area contributed by atoms with Gasteiger partial charge in [-0.3, -0.25) is 4.79 Å². The van der Waals surface area contributed by atoms with E-state index in [0.717, 1.165) is 0 Å². The summed E-state index contributed by atoms with van der Waals surface area (Å²) in [7, 11) is 0. The minimum absolute atomic E-state index is 0.208. The molecule has 3 aromatic heterocycles. The molecule has 0 aromatic carbocycles. The number of aryl methyl sites for hydroxylation is 2. The van der Waals surface area contributed by atoms with Gasteiger partial charge in [0.2, 0.25) is 0 Å². The number of rotatable bonds is 4. The lowest BCUT2D eigenvalue weighted by Crippen LogP contribution is -2.15. The predicted octanol–water partition coefficient (Wildman–Crippen LogP) is 3.58. The summed E-state index contributed by atoms with van der Waals surface area (Å²) >= 11 is 5.78. The van der Waals surface area contributed by atoms with Gasteiger partial charge in [0.1, 0.15) is 23.1 Å². The molecule has 0 aliphatic rings. The molecule has 0 radical (unpaired) electrons. The summed E-state index contributed by atoms with van der Waals surface area (Å²) in [6, 6.07) is 6.51. The highest BCUT2D eigenvalue weighted by atomic mass is 35.5. The zero-order chi connectivity index (χ0) is 17.8. The van der Waals surface area contributed by atoms with Crippen molar-refractivity contribution in [3.63, 3.8) is 0 Å². The van der Waals surface area contributed by atoms with Crippen LogP contribution >= 0.6 is 11.6 Å². The molecule has 8 heteroatoms. The third-order valence-corrected chi connectivity index (χ3v) is 3.35. The first-order chi connectivity index (χ1) is 12.0. The van der Waals surface area contributed by atoms with E-state index in [1.165, 1.54) is 12.3 Å². The molecule has 3 aromatic rings. The molecule has 1 N–H and O–H groups in total. The number of carbonyl (C=O) groups is 1. The first kappa shape index (κ1) is 16.8. The second-order valence-electron chi connectivity index (χ2n) is 5.21. The molecule has 7 nitrogen and oxygen atoms in total. The van der Waals surface area contributed by atoms with Crippen LogP contribution in [0.3, 0.4) is 0 Å². The lowest BCUT2D eigenvalue weighted by Gasteiger charge is -2.09. The summed E-state index contributed by atoms with van der Waals surface area (Å²) < 4.78 is 5.69. The Morgan fingerprint density at radius 3 is 2.48 bits per heavy atom. The number of nitrogens with one attached hydrogen (secondary N) is 1. The van der Waals surface area contributed by atoms with Gasteiger partial charge < -0.3 is 10.1 Å². The molecule has 126 valence electrons. The lowest BCUT2D eigenvalue weighted by atomic mass is 10.2. The van der Waals surface area contributed by atoms with E-state index in [1.807, 2.05) is 0 Å². The Hall–Kier alpha value is -3.06. The van der Waals surface area contributed by atoms with Crippen molar-refractivity contribution in [3.05, 3.63) is 65.1 Å². The van der Waals surface area contributed by atoms with Crippen LogP contribution in [0.4, 0.5) is 5.82 Å². The smallest absolute Gasteiger partial charge is 0.275 e. The fourth-order valence-electron chi connectivity index (χ4n) is 2.01. The molecule has 0 atom stereocenters. The minimum atomic E-state index is -0.400. The Morgan fingerprint density at radius 1 is 1.04 bits per heavy atom. The van der Waals surface area contributed by atoms with Gasteiger partial charge in [0.25, 0.3) is 5.91 Å². The number of anilines is 1. The Labute approximate surface area is 149 Å². The number of halogens is 1. The fraction of sp³-hybridized carbons (Fsp3) is 0.118. The molecule has 0 aliphatic heterocycles. The van der Waals surface area contributed by atoms with Crippen molar-refractivity contribution in [1.29, 1.82) is 0 Å². The van der Waals surface area contributed by atoms with Crippen LogP contribution < -0.4 is 10.1 Å². The standard InChI is InChI=1S/C17H14ClN5O2/c1-10-5-13(25-14-8-19-11(2)20-9-14)6-15(22-10)17(24)23-16-4-3-12(18)7-21-16/h3-9H,1-2H3,(H,21,23,24). The topological polar surface area (TPSA) is 89.9 Å². The van der Waals surface area contributed by atoms with Gasteiger partial charge in [-0.25, -0.2) is 19.9 Å². The van der Waals surface area contributed by atoms with Gasteiger partial charge in [-0.1, -0.05) is 11.6 Å². The van der Waals surface area contributed by atoms with Gasteiger partial charge in [-0.05, 0) is 26.0 Å². The van der Waals surface area contributed by atoms with Crippen molar-refractivity contribution >= 4 is 23.3 Å². The molecule has 1 amide bonds. The number of carbonyl (C=O) groups excluding carboxylic acids is 1. The minimum Gasteiger partial charge on any atom is -0.454 e. The molecular formula is C17H14ClN5O2. The summed E-state index contributed by atoms with van der Waals surface area (Å²) in [5.41, 5.74) is 0.847. The zero-order valence-electron chi connectivity index (χ0n) is 13.5. The van der Waals surface area contributed by atoms with Crippen LogP contribution in [0.2, 0.25) is 5.02 Å². The SMILES string of the molecule is Cc1cc(Oc2cnc(C)nc2)cc(C(=O)Nc2ccc(Cl)cn2)n1. The molecule has 0 fully saturated rings. The van der Waals surface area contributed by atoms with Gasteiger partial charge >= 0.3 is 0 Å². The van der Waals surface area contributed by atoms with Gasteiger partial charge in [0, 0.05) is 24.0 Å². The highest BCUT2D eigenvalue weighted by Crippen LogP contribution is 2.22. The third-order valence-electron chi connectivity index (χ3n) is 3.12. The number of hydrogen-bond donors (Lipinski definition) is 1. The highest BCUT2D eigenvalue weighted by Gasteiger charge is 2.12. The van der Waals surface area contributed by atoms with Crippen molar-refractivity contribution in [2.24, 2.45) is 0 Å². The number of nitrogens with zero attached hydrogens (tertiary/aromatic N) is 4. The van der Waals surface area contributed by atoms with Crippen LogP contribution in [0.5, 0.6) is 11.5 Å². The first-order valence-electron chi connectivity index (χ1n) is 7.38. The first-order valence-corrected chi connectivity index (χ1v) is 7.75. The van der Waals surface area contributed by atoms with Gasteiger partial charge in [-0.2, -0.15) is 0 Å². The molecule has 0 aliphatic carbocycles. The zero-order valence-corrected chi connectivity index (χ0v) is 14.3. The second kappa shape index (κ2) is 7.23. The van der Waals surface area contributed by atoms with Crippen LogP contribution in [-0.2, 0) is 0 Å². The molecule has 3 heterocycles. The van der Waals surface area contributed by atoms with E-state index in [9.17, 15) is 4.79 Å². The average Bonchev–Trinajstić information content (AvgIpc) is 2.58. The Bertz CT molecular complexity index is 898. The van der Waals surface area contributed by atoms with E-state index in [-0.39, 0.29) is 5.69 Å². The number of amides is 1. The predicted molar refractivity (Wildman–Crippen MR) is 93.0 cm³/mol. The summed E-state index contributed by atoms with van der Waals surface area (Å²) in [5.74, 6) is 1.57. The average molecular weight is 356 g/mol. The Morgan fingerprint density at radius 2 is 1.80 bits per heavy atom. The maximum Gasteiger partial charge on any atom is 0.275 e. The van der Waals surface area contributed by atoms with Gasteiger partial charge in [-0.15, -0.1) is 0 Å². The highest BCUT2D eigenvalue weighted by molar-refractivity contribution is 6.30. The van der Waals surface area contributed by atoms with Crippen LogP contribution in [0.25, 0.3) is 0 Å². The van der Waals surface area contributed by atoms with E-state index >= 15 is 0 Å². The van der Waals surface area contributed by atoms with Gasteiger partial charge in [0.05, 0.1) is 17.4 Å². The fourth-order valence-corrected chi connectivity index (χ4v) is 2.12. The molecule has 3 rings (SSSR count). The molecule has 25 heavy (non-hydrogen) atoms. The van der Waals surface area contributed by atoms with E-state index in [0.29, 0.717) is 33.9 Å². The maximum atomic E-state index is 12.4. The third kappa shape index (κ3) is 4.48. The van der Waals surface area contributed by atoms with E-state index in [2.05, 4.69) is 25.3 Å². The molecule has 0 spiro atoms. The summed E-state index contributed by atoms with van der Waals surface area (Å²) in [6.45, 7) is 3.56. The lowest BCUT2D eigenvalue weighted by molar-refractivity contribution is 0.102. The number of ether oxygens (including phenoxy) is 1. The molecule has 0 saturated carbocycles. The van der Waals surface area contributed by atoms with E-state index < -0.39 is 5.91 Å². The van der Waals surface area contributed by atoms with Crippen molar-refractivity contribution in [1.82, 2.24) is 19.9 Å². The second-order valence-corrected chi connectivity index (χ2v) is 5.65. The summed E-state index contributed by atoms with van der Waals surface area (Å²) in [6.07, 6.45) is 4.58. The summed E-state index contributed by atoms with van der Waals surface area (Å²) in [4.78, 5) is 28.8. The molecule has 0 bridgehead atoms. The number of hydrogen-bond acceptors (Lipinski definition) is 6. The van der Waals surface area contributed by atoms with Gasteiger partial charge in [0.15, 0.2) is 5.75 Å². The Kier molecular flexibility index (Phi) is 4.85. The van der Waals surface area contributed by atoms with Crippen molar-refractivity contribution in [2.45, 2.75) is 13.8 Å². The van der Waals surface area contributed by atoms with Crippen LogP contribution in [-0.4, -0.2) is 25.8 Å². The molecule has 0 saturated heterocycles. The van der Waals surface area contributed by atoms with Crippen LogP contribution in [0.15, 0.2) is 42.9 Å². The van der Waals surface area contributed by atoms with E-state index in [1.54, 1.807) is 44.4 Å². The normalized spacial score (nSPS) is 10.4. The van der Waals surface area contributed by atoms with Crippen molar-refractivity contribution in [2.75, 3.05) is 5.32 Å².